The first-order valence-corrected chi connectivity index (χ1v) is 19.5. The molecule has 4 fully saturated rings. The van der Waals surface area contributed by atoms with Crippen molar-refractivity contribution in [1.82, 2.24) is 20.4 Å². The van der Waals surface area contributed by atoms with Crippen molar-refractivity contribution in [3.05, 3.63) is 35.9 Å². The van der Waals surface area contributed by atoms with E-state index in [9.17, 15) is 28.8 Å². The summed E-state index contributed by atoms with van der Waals surface area (Å²) in [5.74, 6) is -1.07. The largest absolute Gasteiger partial charge is 0.467 e. The number of thioether (sulfide) groups is 2. The molecule has 0 saturated carbocycles. The summed E-state index contributed by atoms with van der Waals surface area (Å²) in [5.41, 5.74) is 0.967. The van der Waals surface area contributed by atoms with Crippen molar-refractivity contribution in [1.29, 1.82) is 0 Å². The Morgan fingerprint density at radius 2 is 1.31 bits per heavy atom. The third-order valence-electron chi connectivity index (χ3n) is 9.94. The number of carbonyl (C=O) groups excluding carboxylic acids is 6. The van der Waals surface area contributed by atoms with Gasteiger partial charge in [-0.1, -0.05) is 30.3 Å². The number of benzene rings is 1. The van der Waals surface area contributed by atoms with Crippen LogP contribution in [0, 0.1) is 5.92 Å². The number of nitrogens with one attached hydrogen (secondary N) is 2. The van der Waals surface area contributed by atoms with Crippen LogP contribution < -0.4 is 10.6 Å². The number of methoxy groups -OCH3 is 2. The molecule has 2 N–H and O–H groups in total. The average molecular weight is 717 g/mol. The van der Waals surface area contributed by atoms with Crippen LogP contribution in [-0.4, -0.2) is 106 Å². The maximum absolute atomic E-state index is 13.9. The van der Waals surface area contributed by atoms with E-state index >= 15 is 0 Å². The summed E-state index contributed by atoms with van der Waals surface area (Å²) in [6.45, 7) is 0. The minimum atomic E-state index is -0.761. The normalized spacial score (nSPS) is 27.8. The lowest BCUT2D eigenvalue weighted by molar-refractivity contribution is -0.156. The fourth-order valence-corrected chi connectivity index (χ4v) is 10.2. The number of hydrogen-bond donors (Lipinski definition) is 2. The minimum absolute atomic E-state index is 0.115. The molecule has 4 saturated heterocycles. The number of rotatable bonds is 11. The first-order chi connectivity index (χ1) is 23.7. The molecule has 5 rings (SSSR count). The molecule has 4 aliphatic rings. The van der Waals surface area contributed by atoms with Crippen molar-refractivity contribution < 1.29 is 38.2 Å². The molecule has 1 aromatic carbocycles. The van der Waals surface area contributed by atoms with Crippen LogP contribution in [0.3, 0.4) is 0 Å². The summed E-state index contributed by atoms with van der Waals surface area (Å²) >= 11 is 3.27. The van der Waals surface area contributed by atoms with Crippen molar-refractivity contribution in [3.63, 3.8) is 0 Å². The predicted molar refractivity (Wildman–Crippen MR) is 186 cm³/mol. The van der Waals surface area contributed by atoms with Crippen LogP contribution in [-0.2, 0) is 44.7 Å². The van der Waals surface area contributed by atoms with E-state index in [1.807, 2.05) is 30.3 Å². The molecule has 0 spiro atoms. The Morgan fingerprint density at radius 1 is 0.776 bits per heavy atom. The first-order valence-electron chi connectivity index (χ1n) is 17.4. The lowest BCUT2D eigenvalue weighted by Gasteiger charge is -2.40. The Morgan fingerprint density at radius 3 is 1.84 bits per heavy atom. The molecule has 4 heterocycles. The number of fused-ring (bicyclic) bond motifs is 2. The Balaban J connectivity index is 1.21. The van der Waals surface area contributed by atoms with E-state index in [1.54, 1.807) is 33.3 Å². The quantitative estimate of drug-likeness (QED) is 0.327. The van der Waals surface area contributed by atoms with Gasteiger partial charge in [-0.15, -0.1) is 23.5 Å². The number of nitrogens with zero attached hydrogens (tertiary/aromatic N) is 2. The average Bonchev–Trinajstić information content (AvgIpc) is 3.37. The minimum Gasteiger partial charge on any atom is -0.467 e. The number of hydrogen-bond acceptors (Lipinski definition) is 10. The highest BCUT2D eigenvalue weighted by atomic mass is 32.2. The predicted octanol–water partition coefficient (Wildman–Crippen LogP) is 3.02. The van der Waals surface area contributed by atoms with Gasteiger partial charge in [-0.25, -0.2) is 9.59 Å². The van der Waals surface area contributed by atoms with Crippen LogP contribution >= 0.6 is 23.5 Å². The lowest BCUT2D eigenvalue weighted by Crippen LogP contribution is -2.57. The van der Waals surface area contributed by atoms with Crippen LogP contribution in [0.4, 0.5) is 0 Å². The molecule has 0 aromatic heterocycles. The zero-order valence-electron chi connectivity index (χ0n) is 28.3. The van der Waals surface area contributed by atoms with Crippen LogP contribution in [0.25, 0.3) is 0 Å². The van der Waals surface area contributed by atoms with Crippen LogP contribution in [0.5, 0.6) is 0 Å². The third-order valence-corrected chi connectivity index (χ3v) is 12.6. The number of piperidine rings is 2. The molecule has 49 heavy (non-hydrogen) atoms. The second kappa shape index (κ2) is 17.6. The van der Waals surface area contributed by atoms with Gasteiger partial charge in [0.1, 0.15) is 24.2 Å². The van der Waals surface area contributed by atoms with Crippen molar-refractivity contribution in [2.75, 3.05) is 25.7 Å². The summed E-state index contributed by atoms with van der Waals surface area (Å²) in [6.07, 6.45) is 6.59. The molecule has 0 bridgehead atoms. The second-order valence-corrected chi connectivity index (χ2v) is 15.7. The van der Waals surface area contributed by atoms with Gasteiger partial charge in [-0.2, -0.15) is 0 Å². The molecule has 7 atom stereocenters. The number of amides is 4. The van der Waals surface area contributed by atoms with E-state index < -0.39 is 42.0 Å². The van der Waals surface area contributed by atoms with E-state index in [2.05, 4.69) is 10.6 Å². The molecule has 0 aliphatic carbocycles. The highest BCUT2D eigenvalue weighted by Crippen LogP contribution is 2.36. The van der Waals surface area contributed by atoms with Crippen molar-refractivity contribution in [2.45, 2.75) is 112 Å². The zero-order valence-corrected chi connectivity index (χ0v) is 29.9. The van der Waals surface area contributed by atoms with Gasteiger partial charge in [0.15, 0.2) is 0 Å². The Bertz CT molecular complexity index is 1370. The van der Waals surface area contributed by atoms with Crippen molar-refractivity contribution in [2.24, 2.45) is 5.92 Å². The van der Waals surface area contributed by atoms with Gasteiger partial charge in [0.2, 0.25) is 23.6 Å². The van der Waals surface area contributed by atoms with Gasteiger partial charge in [0.25, 0.3) is 0 Å². The SMILES string of the molecule is COC(=O)[C@@H]1CCC[C@@H]2SCC[C@H](NC(=O)CCC[C@H](Cc3ccccc3)C(=O)N[C@H]3CCS[C@H]4CCC[C@@H](C(=O)OC)N4C3=O)C(=O)N21. The van der Waals surface area contributed by atoms with Gasteiger partial charge in [0, 0.05) is 12.3 Å². The third kappa shape index (κ3) is 9.11. The molecule has 1 aromatic rings. The molecule has 0 unspecified atom stereocenters. The Kier molecular flexibility index (Phi) is 13.3. The first kappa shape index (κ1) is 37.0. The standard InChI is InChI=1S/C35H48N4O8S2/c1-46-34(44)26-12-7-15-29-38(26)32(42)24(17-19-48-29)36-28(40)14-6-11-23(21-22-9-4-3-5-10-22)31(41)37-25-18-20-49-30-16-8-13-27(35(45)47-2)39(30)33(25)43/h3-5,9-10,23-27,29-30H,6-8,11-21H2,1-2H3,(H,36,40)(H,37,41)/t23-,24+,25+,26+,27+,29+,30+/m1/s1. The highest BCUT2D eigenvalue weighted by Gasteiger charge is 2.45. The van der Waals surface area contributed by atoms with Crippen LogP contribution in [0.15, 0.2) is 30.3 Å². The van der Waals surface area contributed by atoms with E-state index in [0.29, 0.717) is 56.5 Å². The lowest BCUT2D eigenvalue weighted by atomic mass is 9.92. The van der Waals surface area contributed by atoms with Gasteiger partial charge in [0.05, 0.1) is 25.0 Å². The molecular formula is C35H48N4O8S2. The summed E-state index contributed by atoms with van der Waals surface area (Å²) < 4.78 is 9.99. The van der Waals surface area contributed by atoms with Gasteiger partial charge in [-0.05, 0) is 87.7 Å². The van der Waals surface area contributed by atoms with E-state index in [4.69, 9.17) is 9.47 Å². The highest BCUT2D eigenvalue weighted by molar-refractivity contribution is 8.00. The summed E-state index contributed by atoms with van der Waals surface area (Å²) in [4.78, 5) is 82.8. The fraction of sp³-hybridized carbons (Fsp3) is 0.657. The maximum Gasteiger partial charge on any atom is 0.328 e. The van der Waals surface area contributed by atoms with Crippen LogP contribution in [0.2, 0.25) is 0 Å². The topological polar surface area (TPSA) is 151 Å². The molecule has 14 heteroatoms. The van der Waals surface area contributed by atoms with Crippen molar-refractivity contribution in [3.8, 4) is 0 Å². The Hall–Kier alpha value is -3.26. The summed E-state index contributed by atoms with van der Waals surface area (Å²) in [6, 6.07) is 6.82. The zero-order chi connectivity index (χ0) is 34.9. The maximum atomic E-state index is 13.9. The molecule has 12 nitrogen and oxygen atoms in total. The second-order valence-electron chi connectivity index (χ2n) is 13.1. The van der Waals surface area contributed by atoms with Gasteiger partial charge < -0.3 is 29.9 Å². The number of ether oxygens (including phenoxy) is 2. The van der Waals surface area contributed by atoms with Gasteiger partial charge >= 0.3 is 11.9 Å². The number of carbonyl (C=O) groups is 6. The smallest absolute Gasteiger partial charge is 0.328 e. The fourth-order valence-electron chi connectivity index (χ4n) is 7.39. The van der Waals surface area contributed by atoms with E-state index in [0.717, 1.165) is 31.2 Å². The molecule has 4 amide bonds. The molecular weight excluding hydrogens is 669 g/mol. The van der Waals surface area contributed by atoms with Gasteiger partial charge in [-0.3, -0.25) is 19.2 Å². The molecule has 0 radical (unpaired) electrons. The van der Waals surface area contributed by atoms with E-state index in [-0.39, 0.29) is 40.8 Å². The van der Waals surface area contributed by atoms with Crippen LogP contribution in [0.1, 0.15) is 76.2 Å². The van der Waals surface area contributed by atoms with E-state index in [1.165, 1.54) is 14.2 Å². The summed E-state index contributed by atoms with van der Waals surface area (Å²) in [7, 11) is 2.65. The van der Waals surface area contributed by atoms with Crippen molar-refractivity contribution >= 4 is 59.1 Å². The monoisotopic (exact) mass is 716 g/mol. The Labute approximate surface area is 296 Å². The molecule has 4 aliphatic heterocycles. The number of esters is 2. The summed E-state index contributed by atoms with van der Waals surface area (Å²) in [5, 5.41) is 5.68. The molecule has 268 valence electrons.